The third-order valence-corrected chi connectivity index (χ3v) is 5.35. The summed E-state index contributed by atoms with van der Waals surface area (Å²) in [5, 5.41) is 24.0. The molecule has 1 saturated heterocycles. The third-order valence-electron chi connectivity index (χ3n) is 5.35. The zero-order valence-corrected chi connectivity index (χ0v) is 18.0. The second-order valence-electron chi connectivity index (χ2n) is 7.36. The van der Waals surface area contributed by atoms with Crippen LogP contribution >= 0.6 is 0 Å². The van der Waals surface area contributed by atoms with Gasteiger partial charge in [0.15, 0.2) is 0 Å². The van der Waals surface area contributed by atoms with E-state index in [1.807, 2.05) is 36.9 Å². The summed E-state index contributed by atoms with van der Waals surface area (Å²) in [5.74, 6) is -0.850. The van der Waals surface area contributed by atoms with Gasteiger partial charge in [-0.15, -0.1) is 0 Å². The molecule has 1 aliphatic rings. The second-order valence-corrected chi connectivity index (χ2v) is 7.36. The number of benzene rings is 1. The van der Waals surface area contributed by atoms with E-state index in [0.717, 1.165) is 5.56 Å². The highest BCUT2D eigenvalue weighted by atomic mass is 16.5. The van der Waals surface area contributed by atoms with Crippen LogP contribution in [-0.2, 0) is 21.7 Å². The number of carbonyl (C=O) groups is 1. The van der Waals surface area contributed by atoms with Gasteiger partial charge in [0, 0.05) is 30.8 Å². The summed E-state index contributed by atoms with van der Waals surface area (Å²) in [6.07, 6.45) is 4.14. The van der Waals surface area contributed by atoms with Crippen molar-refractivity contribution in [2.45, 2.75) is 38.8 Å². The summed E-state index contributed by atoms with van der Waals surface area (Å²) in [5.41, 5.74) is 1.71. The molecule has 0 radical (unpaired) electrons. The van der Waals surface area contributed by atoms with E-state index in [0.29, 0.717) is 68.7 Å². The Labute approximate surface area is 182 Å². The van der Waals surface area contributed by atoms with Crippen molar-refractivity contribution >= 4 is 17.3 Å². The maximum Gasteiger partial charge on any atom is 0.316 e. The Morgan fingerprint density at radius 1 is 1.26 bits per heavy atom. The molecule has 3 rings (SSSR count). The maximum absolute atomic E-state index is 11.7. The number of ether oxygens (including phenoxy) is 2. The normalized spacial score (nSPS) is 16.5. The first-order chi connectivity index (χ1) is 15.0. The molecule has 3 N–H and O–H groups in total. The Balaban J connectivity index is 1.95. The van der Waals surface area contributed by atoms with Crippen molar-refractivity contribution in [1.29, 1.82) is 0 Å². The minimum atomic E-state index is -1.19. The highest BCUT2D eigenvalue weighted by Crippen LogP contribution is 2.37. The van der Waals surface area contributed by atoms with E-state index in [2.05, 4.69) is 15.3 Å². The van der Waals surface area contributed by atoms with Gasteiger partial charge in [-0.2, -0.15) is 0 Å². The molecular formula is C22H30N4O5. The van der Waals surface area contributed by atoms with Gasteiger partial charge in [-0.05, 0) is 31.4 Å². The van der Waals surface area contributed by atoms with Crippen LogP contribution in [0.15, 0.2) is 30.6 Å². The first kappa shape index (κ1) is 22.9. The van der Waals surface area contributed by atoms with Crippen LogP contribution in [0.2, 0.25) is 0 Å². The Morgan fingerprint density at radius 3 is 2.58 bits per heavy atom. The molecule has 1 unspecified atom stereocenters. The van der Waals surface area contributed by atoms with E-state index in [1.54, 1.807) is 12.4 Å². The number of aromatic nitrogens is 2. The summed E-state index contributed by atoms with van der Waals surface area (Å²) in [6.45, 7) is 6.65. The lowest BCUT2D eigenvalue weighted by atomic mass is 9.93. The van der Waals surface area contributed by atoms with E-state index in [-0.39, 0.29) is 6.42 Å². The van der Waals surface area contributed by atoms with E-state index >= 15 is 0 Å². The van der Waals surface area contributed by atoms with Gasteiger partial charge < -0.3 is 25.0 Å². The molecule has 1 aliphatic heterocycles. The van der Waals surface area contributed by atoms with Crippen LogP contribution in [0.1, 0.15) is 37.8 Å². The van der Waals surface area contributed by atoms with Gasteiger partial charge in [0.05, 0.1) is 37.9 Å². The fourth-order valence-corrected chi connectivity index (χ4v) is 3.71. The van der Waals surface area contributed by atoms with E-state index < -0.39 is 11.7 Å². The smallest absolute Gasteiger partial charge is 0.316 e. The number of nitrogens with zero attached hydrogens (tertiary/aromatic N) is 3. The van der Waals surface area contributed by atoms with Crippen molar-refractivity contribution in [3.63, 3.8) is 0 Å². The lowest BCUT2D eigenvalue weighted by Crippen LogP contribution is -2.51. The molecule has 0 spiro atoms. The molecule has 31 heavy (non-hydrogen) atoms. The molecule has 168 valence electrons. The average molecular weight is 431 g/mol. The predicted octanol–water partition coefficient (Wildman–Crippen LogP) is 2.52. The number of carboxylic acid groups (broad SMARTS) is 1. The van der Waals surface area contributed by atoms with Gasteiger partial charge in [0.25, 0.3) is 0 Å². The quantitative estimate of drug-likeness (QED) is 0.523. The SMILES string of the molecule is CCOc1ncc(Nc2cc(CCC(=O)O)ccc2C(O)(CC)N2CCOCC2)cn1. The van der Waals surface area contributed by atoms with Gasteiger partial charge in [0.2, 0.25) is 0 Å². The zero-order chi connectivity index (χ0) is 22.3. The number of anilines is 2. The molecule has 0 aliphatic carbocycles. The number of hydrogen-bond donors (Lipinski definition) is 3. The standard InChI is InChI=1S/C22H30N4O5/c1-3-22(29,26-9-11-30-12-10-26)18-7-5-16(6-8-20(27)28)13-19(18)25-17-14-23-21(24-15-17)31-4-2/h5,7,13-15,25,29H,3-4,6,8-12H2,1-2H3,(H,27,28). The minimum absolute atomic E-state index is 0.0342. The van der Waals surface area contributed by atoms with Crippen molar-refractivity contribution < 1.29 is 24.5 Å². The first-order valence-corrected chi connectivity index (χ1v) is 10.6. The molecule has 1 aromatic heterocycles. The topological polar surface area (TPSA) is 117 Å². The molecular weight excluding hydrogens is 400 g/mol. The number of aryl methyl sites for hydroxylation is 1. The molecule has 9 heteroatoms. The van der Waals surface area contributed by atoms with Gasteiger partial charge >= 0.3 is 12.0 Å². The minimum Gasteiger partial charge on any atom is -0.481 e. The number of rotatable bonds is 10. The highest BCUT2D eigenvalue weighted by Gasteiger charge is 2.37. The van der Waals surface area contributed by atoms with Gasteiger partial charge in [-0.25, -0.2) is 9.97 Å². The van der Waals surface area contributed by atoms with E-state index in [4.69, 9.17) is 14.6 Å². The van der Waals surface area contributed by atoms with E-state index in [9.17, 15) is 9.90 Å². The van der Waals surface area contributed by atoms with Crippen molar-refractivity contribution in [1.82, 2.24) is 14.9 Å². The number of nitrogens with one attached hydrogen (secondary N) is 1. The summed E-state index contributed by atoms with van der Waals surface area (Å²) >= 11 is 0. The average Bonchev–Trinajstić information content (AvgIpc) is 2.79. The van der Waals surface area contributed by atoms with Crippen LogP contribution < -0.4 is 10.1 Å². The molecule has 2 heterocycles. The summed E-state index contributed by atoms with van der Waals surface area (Å²) in [6, 6.07) is 5.92. The molecule has 0 bridgehead atoms. The fraction of sp³-hybridized carbons (Fsp3) is 0.500. The zero-order valence-electron chi connectivity index (χ0n) is 18.0. The summed E-state index contributed by atoms with van der Waals surface area (Å²) < 4.78 is 10.7. The molecule has 2 aromatic rings. The summed E-state index contributed by atoms with van der Waals surface area (Å²) in [7, 11) is 0. The Kier molecular flexibility index (Phi) is 7.78. The van der Waals surface area contributed by atoms with Crippen LogP contribution in [0.5, 0.6) is 6.01 Å². The first-order valence-electron chi connectivity index (χ1n) is 10.6. The lowest BCUT2D eigenvalue weighted by molar-refractivity contribution is -0.149. The van der Waals surface area contributed by atoms with Crippen molar-refractivity contribution in [2.75, 3.05) is 38.2 Å². The van der Waals surface area contributed by atoms with Crippen LogP contribution in [0.25, 0.3) is 0 Å². The lowest BCUT2D eigenvalue weighted by Gasteiger charge is -2.42. The number of carboxylic acids is 1. The molecule has 0 amide bonds. The molecule has 1 aromatic carbocycles. The van der Waals surface area contributed by atoms with Crippen molar-refractivity contribution in [2.24, 2.45) is 0 Å². The van der Waals surface area contributed by atoms with Crippen LogP contribution in [0.4, 0.5) is 11.4 Å². The van der Waals surface area contributed by atoms with Crippen LogP contribution in [-0.4, -0.2) is 64.0 Å². The largest absolute Gasteiger partial charge is 0.481 e. The van der Waals surface area contributed by atoms with Gasteiger partial charge in [-0.1, -0.05) is 19.1 Å². The molecule has 0 saturated carbocycles. The number of morpholine rings is 1. The van der Waals surface area contributed by atoms with Crippen molar-refractivity contribution in [3.05, 3.63) is 41.7 Å². The summed E-state index contributed by atoms with van der Waals surface area (Å²) in [4.78, 5) is 21.4. The Bertz CT molecular complexity index is 871. The van der Waals surface area contributed by atoms with Crippen LogP contribution in [0, 0.1) is 0 Å². The second kappa shape index (κ2) is 10.5. The van der Waals surface area contributed by atoms with Crippen LogP contribution in [0.3, 0.4) is 0 Å². The molecule has 1 atom stereocenters. The van der Waals surface area contributed by atoms with Crippen molar-refractivity contribution in [3.8, 4) is 6.01 Å². The maximum atomic E-state index is 11.7. The highest BCUT2D eigenvalue weighted by molar-refractivity contribution is 5.68. The third kappa shape index (κ3) is 5.69. The Hall–Kier alpha value is -2.75. The predicted molar refractivity (Wildman–Crippen MR) is 115 cm³/mol. The number of hydrogen-bond acceptors (Lipinski definition) is 8. The fourth-order valence-electron chi connectivity index (χ4n) is 3.71. The van der Waals surface area contributed by atoms with Gasteiger partial charge in [-0.3, -0.25) is 9.69 Å². The number of aliphatic hydroxyl groups is 1. The molecule has 1 fully saturated rings. The van der Waals surface area contributed by atoms with E-state index in [1.165, 1.54) is 0 Å². The number of aliphatic carboxylic acids is 1. The Morgan fingerprint density at radius 2 is 1.97 bits per heavy atom. The molecule has 9 nitrogen and oxygen atoms in total. The monoisotopic (exact) mass is 430 g/mol. The van der Waals surface area contributed by atoms with Gasteiger partial charge in [0.1, 0.15) is 5.72 Å².